The van der Waals surface area contributed by atoms with E-state index < -0.39 is 11.7 Å². The van der Waals surface area contributed by atoms with Crippen LogP contribution in [-0.4, -0.2) is 22.6 Å². The molecular formula is C18H14BrFN2O3. The zero-order valence-corrected chi connectivity index (χ0v) is 14.7. The van der Waals surface area contributed by atoms with Crippen molar-refractivity contribution in [2.75, 3.05) is 5.32 Å². The van der Waals surface area contributed by atoms with E-state index in [2.05, 4.69) is 21.2 Å². The van der Waals surface area contributed by atoms with Gasteiger partial charge in [0, 0.05) is 22.9 Å². The summed E-state index contributed by atoms with van der Waals surface area (Å²) < 4.78 is 14.4. The van der Waals surface area contributed by atoms with Crippen LogP contribution < -0.4 is 5.32 Å². The van der Waals surface area contributed by atoms with Crippen molar-refractivity contribution in [3.8, 4) is 0 Å². The molecule has 0 aromatic heterocycles. The molecule has 1 aliphatic rings. The molecule has 0 atom stereocenters. The first-order valence-electron chi connectivity index (χ1n) is 7.62. The molecule has 1 aliphatic heterocycles. The van der Waals surface area contributed by atoms with Crippen molar-refractivity contribution in [3.05, 3.63) is 63.9 Å². The maximum atomic E-state index is 13.8. The lowest BCUT2D eigenvalue weighted by Gasteiger charge is -2.14. The molecule has 0 aliphatic carbocycles. The van der Waals surface area contributed by atoms with E-state index in [1.165, 1.54) is 17.0 Å². The number of halogens is 2. The fourth-order valence-electron chi connectivity index (χ4n) is 2.53. The number of imide groups is 1. The average molecular weight is 405 g/mol. The second-order valence-electron chi connectivity index (χ2n) is 5.65. The van der Waals surface area contributed by atoms with E-state index in [4.69, 9.17) is 0 Å². The standard InChI is InChI=1S/C18H14BrFN2O3/c19-13-5-6-15(14(20)9-13)21-18(25)12-3-1-11(2-4-12)10-22-16(23)7-8-17(22)24/h1-6,9H,7-8,10H2,(H,21,25). The Morgan fingerprint density at radius 3 is 2.32 bits per heavy atom. The summed E-state index contributed by atoms with van der Waals surface area (Å²) in [5, 5.41) is 2.51. The topological polar surface area (TPSA) is 66.5 Å². The first kappa shape index (κ1) is 17.3. The van der Waals surface area contributed by atoms with Crippen LogP contribution in [0, 0.1) is 5.82 Å². The Morgan fingerprint density at radius 1 is 1.08 bits per heavy atom. The predicted octanol–water partition coefficient (Wildman–Crippen LogP) is 3.49. The smallest absolute Gasteiger partial charge is 0.255 e. The number of hydrogen-bond acceptors (Lipinski definition) is 3. The normalized spacial score (nSPS) is 14.1. The molecule has 1 fully saturated rings. The van der Waals surface area contributed by atoms with Gasteiger partial charge in [-0.25, -0.2) is 4.39 Å². The molecular weight excluding hydrogens is 391 g/mol. The number of amides is 3. The van der Waals surface area contributed by atoms with Gasteiger partial charge in [0.1, 0.15) is 5.82 Å². The summed E-state index contributed by atoms with van der Waals surface area (Å²) in [4.78, 5) is 36.7. The van der Waals surface area contributed by atoms with Gasteiger partial charge >= 0.3 is 0 Å². The number of carbonyl (C=O) groups is 3. The van der Waals surface area contributed by atoms with Crippen LogP contribution in [0.2, 0.25) is 0 Å². The van der Waals surface area contributed by atoms with Gasteiger partial charge in [0.2, 0.25) is 11.8 Å². The average Bonchev–Trinajstić information content (AvgIpc) is 2.90. The van der Waals surface area contributed by atoms with Crippen LogP contribution in [0.5, 0.6) is 0 Å². The maximum absolute atomic E-state index is 13.8. The molecule has 0 spiro atoms. The number of rotatable bonds is 4. The SMILES string of the molecule is O=C(Nc1ccc(Br)cc1F)c1ccc(CN2C(=O)CCC2=O)cc1. The first-order valence-corrected chi connectivity index (χ1v) is 8.42. The number of nitrogens with zero attached hydrogens (tertiary/aromatic N) is 1. The van der Waals surface area contributed by atoms with E-state index in [0.29, 0.717) is 10.0 Å². The quantitative estimate of drug-likeness (QED) is 0.793. The van der Waals surface area contributed by atoms with Gasteiger partial charge in [0.05, 0.1) is 12.2 Å². The van der Waals surface area contributed by atoms with Gasteiger partial charge in [0.15, 0.2) is 0 Å². The molecule has 128 valence electrons. The summed E-state index contributed by atoms with van der Waals surface area (Å²) in [7, 11) is 0. The minimum absolute atomic E-state index is 0.0885. The Labute approximate surface area is 151 Å². The van der Waals surface area contributed by atoms with E-state index in [1.807, 2.05) is 0 Å². The minimum atomic E-state index is -0.537. The third-order valence-corrected chi connectivity index (χ3v) is 4.38. The lowest BCUT2D eigenvalue weighted by atomic mass is 10.1. The van der Waals surface area contributed by atoms with Crippen molar-refractivity contribution >= 4 is 39.3 Å². The molecule has 0 radical (unpaired) electrons. The van der Waals surface area contributed by atoms with Gasteiger partial charge in [-0.1, -0.05) is 28.1 Å². The number of carbonyl (C=O) groups excluding carboxylic acids is 3. The van der Waals surface area contributed by atoms with Crippen molar-refractivity contribution in [2.45, 2.75) is 19.4 Å². The van der Waals surface area contributed by atoms with Crippen LogP contribution >= 0.6 is 15.9 Å². The summed E-state index contributed by atoms with van der Waals surface area (Å²) >= 11 is 3.15. The number of likely N-dealkylation sites (tertiary alicyclic amines) is 1. The molecule has 7 heteroatoms. The number of anilines is 1. The van der Waals surface area contributed by atoms with Crippen LogP contribution in [0.4, 0.5) is 10.1 Å². The number of benzene rings is 2. The summed E-state index contributed by atoms with van der Waals surface area (Å²) in [6, 6.07) is 10.9. The first-order chi connectivity index (χ1) is 11.9. The molecule has 2 aromatic rings. The summed E-state index contributed by atoms with van der Waals surface area (Å²) in [5.41, 5.74) is 1.19. The fraction of sp³-hybridized carbons (Fsp3) is 0.167. The molecule has 3 rings (SSSR count). The van der Waals surface area contributed by atoms with Crippen LogP contribution in [0.25, 0.3) is 0 Å². The van der Waals surface area contributed by atoms with Gasteiger partial charge in [-0.3, -0.25) is 19.3 Å². The fourth-order valence-corrected chi connectivity index (χ4v) is 2.86. The molecule has 0 saturated carbocycles. The van der Waals surface area contributed by atoms with Crippen LogP contribution in [0.15, 0.2) is 46.9 Å². The predicted molar refractivity (Wildman–Crippen MR) is 93.3 cm³/mol. The zero-order chi connectivity index (χ0) is 18.0. The third-order valence-electron chi connectivity index (χ3n) is 3.89. The van der Waals surface area contributed by atoms with E-state index in [0.717, 1.165) is 5.56 Å². The monoisotopic (exact) mass is 404 g/mol. The molecule has 0 unspecified atom stereocenters. The molecule has 1 heterocycles. The third kappa shape index (κ3) is 3.93. The zero-order valence-electron chi connectivity index (χ0n) is 13.1. The van der Waals surface area contributed by atoms with E-state index in [9.17, 15) is 18.8 Å². The van der Waals surface area contributed by atoms with Gasteiger partial charge < -0.3 is 5.32 Å². The van der Waals surface area contributed by atoms with Crippen molar-refractivity contribution in [1.82, 2.24) is 4.90 Å². The highest BCUT2D eigenvalue weighted by Gasteiger charge is 2.28. The lowest BCUT2D eigenvalue weighted by Crippen LogP contribution is -2.28. The van der Waals surface area contributed by atoms with E-state index in [-0.39, 0.29) is 36.9 Å². The van der Waals surface area contributed by atoms with Crippen LogP contribution in [-0.2, 0) is 16.1 Å². The summed E-state index contributed by atoms with van der Waals surface area (Å²) in [6.45, 7) is 0.195. The largest absolute Gasteiger partial charge is 0.319 e. The van der Waals surface area contributed by atoms with Crippen LogP contribution in [0.3, 0.4) is 0 Å². The number of nitrogens with one attached hydrogen (secondary N) is 1. The lowest BCUT2D eigenvalue weighted by molar-refractivity contribution is -0.139. The summed E-state index contributed by atoms with van der Waals surface area (Å²) in [6.07, 6.45) is 0.496. The summed E-state index contributed by atoms with van der Waals surface area (Å²) in [5.74, 6) is -1.35. The Kier molecular flexibility index (Phi) is 4.94. The van der Waals surface area contributed by atoms with Crippen molar-refractivity contribution in [1.29, 1.82) is 0 Å². The van der Waals surface area contributed by atoms with E-state index >= 15 is 0 Å². The molecule has 25 heavy (non-hydrogen) atoms. The molecule has 2 aromatic carbocycles. The highest BCUT2D eigenvalue weighted by Crippen LogP contribution is 2.20. The second kappa shape index (κ2) is 7.14. The number of hydrogen-bond donors (Lipinski definition) is 1. The van der Waals surface area contributed by atoms with Gasteiger partial charge in [0.25, 0.3) is 5.91 Å². The highest BCUT2D eigenvalue weighted by molar-refractivity contribution is 9.10. The highest BCUT2D eigenvalue weighted by atomic mass is 79.9. The molecule has 1 N–H and O–H groups in total. The van der Waals surface area contributed by atoms with Gasteiger partial charge in [-0.05, 0) is 35.9 Å². The molecule has 3 amide bonds. The van der Waals surface area contributed by atoms with Crippen molar-refractivity contribution in [3.63, 3.8) is 0 Å². The van der Waals surface area contributed by atoms with Crippen molar-refractivity contribution < 1.29 is 18.8 Å². The maximum Gasteiger partial charge on any atom is 0.255 e. The van der Waals surface area contributed by atoms with Gasteiger partial charge in [-0.15, -0.1) is 0 Å². The Hall–Kier alpha value is -2.54. The Balaban J connectivity index is 1.68. The van der Waals surface area contributed by atoms with E-state index in [1.54, 1.807) is 30.3 Å². The Bertz CT molecular complexity index is 836. The molecule has 0 bridgehead atoms. The van der Waals surface area contributed by atoms with Gasteiger partial charge in [-0.2, -0.15) is 0 Å². The minimum Gasteiger partial charge on any atom is -0.319 e. The van der Waals surface area contributed by atoms with Crippen LogP contribution in [0.1, 0.15) is 28.8 Å². The molecule has 5 nitrogen and oxygen atoms in total. The van der Waals surface area contributed by atoms with Crippen molar-refractivity contribution in [2.24, 2.45) is 0 Å². The molecule has 1 saturated heterocycles. The Morgan fingerprint density at radius 2 is 1.72 bits per heavy atom. The second-order valence-corrected chi connectivity index (χ2v) is 6.56.